The van der Waals surface area contributed by atoms with Gasteiger partial charge in [-0.25, -0.2) is 12.8 Å². The van der Waals surface area contributed by atoms with Gasteiger partial charge < -0.3 is 9.73 Å². The van der Waals surface area contributed by atoms with Gasteiger partial charge in [0.05, 0.1) is 24.2 Å². The van der Waals surface area contributed by atoms with Crippen molar-refractivity contribution in [2.75, 3.05) is 11.5 Å². The summed E-state index contributed by atoms with van der Waals surface area (Å²) < 4.78 is 41.2. The number of benzene rings is 1. The SMILES string of the molecule is O=C(Cc1coc2ccc(F)cc12)NC1CCS(=O)(=O)C1. The minimum atomic E-state index is -3.03. The van der Waals surface area contributed by atoms with Crippen LogP contribution in [0.15, 0.2) is 28.9 Å². The van der Waals surface area contributed by atoms with Crippen molar-refractivity contribution >= 4 is 26.7 Å². The number of furan rings is 1. The molecule has 0 saturated carbocycles. The summed E-state index contributed by atoms with van der Waals surface area (Å²) in [4.78, 5) is 12.0. The molecule has 1 amide bonds. The fourth-order valence-corrected chi connectivity index (χ4v) is 4.22. The standard InChI is InChI=1S/C14H14FNO4S/c15-10-1-2-13-12(6-10)9(7-20-13)5-14(17)16-11-3-4-21(18,19)8-11/h1-2,6-7,11H,3-5,8H2,(H,16,17). The summed E-state index contributed by atoms with van der Waals surface area (Å²) in [6.07, 6.45) is 1.90. The number of hydrogen-bond acceptors (Lipinski definition) is 4. The fraction of sp³-hybridized carbons (Fsp3) is 0.357. The van der Waals surface area contributed by atoms with Gasteiger partial charge in [0.1, 0.15) is 11.4 Å². The molecule has 1 fully saturated rings. The monoisotopic (exact) mass is 311 g/mol. The number of rotatable bonds is 3. The normalized spacial score (nSPS) is 20.7. The Morgan fingerprint density at radius 1 is 1.43 bits per heavy atom. The smallest absolute Gasteiger partial charge is 0.224 e. The molecule has 0 spiro atoms. The first-order chi connectivity index (χ1) is 9.93. The van der Waals surface area contributed by atoms with Gasteiger partial charge >= 0.3 is 0 Å². The van der Waals surface area contributed by atoms with Crippen LogP contribution in [0.25, 0.3) is 11.0 Å². The van der Waals surface area contributed by atoms with Gasteiger partial charge in [0.25, 0.3) is 0 Å². The average Bonchev–Trinajstić information content (AvgIpc) is 2.93. The van der Waals surface area contributed by atoms with Crippen LogP contribution in [0.1, 0.15) is 12.0 Å². The van der Waals surface area contributed by atoms with Crippen molar-refractivity contribution in [1.29, 1.82) is 0 Å². The molecule has 2 heterocycles. The lowest BCUT2D eigenvalue weighted by atomic mass is 10.1. The van der Waals surface area contributed by atoms with Crippen LogP contribution < -0.4 is 5.32 Å². The van der Waals surface area contributed by atoms with Crippen LogP contribution in [0.4, 0.5) is 4.39 Å². The molecular weight excluding hydrogens is 297 g/mol. The number of halogens is 1. The van der Waals surface area contributed by atoms with E-state index in [2.05, 4.69) is 5.32 Å². The van der Waals surface area contributed by atoms with Gasteiger partial charge in [-0.1, -0.05) is 0 Å². The highest BCUT2D eigenvalue weighted by molar-refractivity contribution is 7.91. The third kappa shape index (κ3) is 3.07. The van der Waals surface area contributed by atoms with E-state index >= 15 is 0 Å². The lowest BCUT2D eigenvalue weighted by molar-refractivity contribution is -0.120. The molecular formula is C14H14FNO4S. The van der Waals surface area contributed by atoms with E-state index in [-0.39, 0.29) is 29.9 Å². The molecule has 21 heavy (non-hydrogen) atoms. The third-order valence-corrected chi connectivity index (χ3v) is 5.33. The Kier molecular flexibility index (Phi) is 3.44. The maximum atomic E-state index is 13.2. The maximum absolute atomic E-state index is 13.2. The lowest BCUT2D eigenvalue weighted by Gasteiger charge is -2.10. The Morgan fingerprint density at radius 3 is 2.95 bits per heavy atom. The van der Waals surface area contributed by atoms with E-state index in [1.807, 2.05) is 0 Å². The number of amides is 1. The minimum Gasteiger partial charge on any atom is -0.464 e. The first-order valence-corrected chi connectivity index (χ1v) is 8.40. The highest BCUT2D eigenvalue weighted by atomic mass is 32.2. The van der Waals surface area contributed by atoms with Crippen LogP contribution in [-0.2, 0) is 21.1 Å². The van der Waals surface area contributed by atoms with Crippen molar-refractivity contribution in [3.63, 3.8) is 0 Å². The van der Waals surface area contributed by atoms with Gasteiger partial charge in [0, 0.05) is 17.0 Å². The summed E-state index contributed by atoms with van der Waals surface area (Å²) in [6, 6.07) is 3.79. The molecule has 1 aliphatic rings. The predicted molar refractivity (Wildman–Crippen MR) is 75.1 cm³/mol. The highest BCUT2D eigenvalue weighted by Gasteiger charge is 2.29. The molecule has 1 aromatic heterocycles. The number of sulfone groups is 1. The summed E-state index contributed by atoms with van der Waals surface area (Å²) in [5.74, 6) is -0.589. The molecule has 1 atom stereocenters. The zero-order valence-corrected chi connectivity index (χ0v) is 12.0. The van der Waals surface area contributed by atoms with E-state index in [9.17, 15) is 17.6 Å². The maximum Gasteiger partial charge on any atom is 0.224 e. The average molecular weight is 311 g/mol. The van der Waals surface area contributed by atoms with Crippen LogP contribution in [0.5, 0.6) is 0 Å². The van der Waals surface area contributed by atoms with E-state index in [4.69, 9.17) is 4.42 Å². The van der Waals surface area contributed by atoms with Crippen LogP contribution in [0.3, 0.4) is 0 Å². The first kappa shape index (κ1) is 14.1. The zero-order chi connectivity index (χ0) is 15.0. The number of fused-ring (bicyclic) bond motifs is 1. The summed E-state index contributed by atoms with van der Waals surface area (Å²) in [7, 11) is -3.03. The summed E-state index contributed by atoms with van der Waals surface area (Å²) in [5, 5.41) is 3.26. The van der Waals surface area contributed by atoms with E-state index in [1.165, 1.54) is 24.5 Å². The summed E-state index contributed by atoms with van der Waals surface area (Å²) in [6.45, 7) is 0. The Hall–Kier alpha value is -1.89. The Balaban J connectivity index is 1.70. The van der Waals surface area contributed by atoms with Gasteiger partial charge in [-0.3, -0.25) is 4.79 Å². The quantitative estimate of drug-likeness (QED) is 0.930. The van der Waals surface area contributed by atoms with Gasteiger partial charge in [-0.05, 0) is 24.6 Å². The molecule has 5 nitrogen and oxygen atoms in total. The molecule has 0 bridgehead atoms. The fourth-order valence-electron chi connectivity index (χ4n) is 2.55. The van der Waals surface area contributed by atoms with Crippen molar-refractivity contribution in [2.24, 2.45) is 0 Å². The third-order valence-electron chi connectivity index (χ3n) is 3.56. The topological polar surface area (TPSA) is 76.4 Å². The molecule has 1 saturated heterocycles. The molecule has 1 N–H and O–H groups in total. The largest absolute Gasteiger partial charge is 0.464 e. The number of nitrogens with one attached hydrogen (secondary N) is 1. The lowest BCUT2D eigenvalue weighted by Crippen LogP contribution is -2.36. The molecule has 1 unspecified atom stereocenters. The van der Waals surface area contributed by atoms with E-state index in [0.717, 1.165) is 0 Å². The minimum absolute atomic E-state index is 0.0144. The second-order valence-corrected chi connectivity index (χ2v) is 7.47. The van der Waals surface area contributed by atoms with Crippen molar-refractivity contribution in [3.8, 4) is 0 Å². The molecule has 112 valence electrons. The van der Waals surface area contributed by atoms with Crippen LogP contribution in [-0.4, -0.2) is 31.9 Å². The van der Waals surface area contributed by atoms with Gasteiger partial charge in [-0.15, -0.1) is 0 Å². The second kappa shape index (κ2) is 5.14. The number of hydrogen-bond donors (Lipinski definition) is 1. The molecule has 0 radical (unpaired) electrons. The molecule has 3 rings (SSSR count). The number of carbonyl (C=O) groups excluding carboxylic acids is 1. The Morgan fingerprint density at radius 2 is 2.24 bits per heavy atom. The van der Waals surface area contributed by atoms with Crippen molar-refractivity contribution in [1.82, 2.24) is 5.32 Å². The van der Waals surface area contributed by atoms with Gasteiger partial charge in [-0.2, -0.15) is 0 Å². The Bertz CT molecular complexity index is 796. The van der Waals surface area contributed by atoms with Gasteiger partial charge in [0.15, 0.2) is 9.84 Å². The van der Waals surface area contributed by atoms with Crippen molar-refractivity contribution in [2.45, 2.75) is 18.9 Å². The van der Waals surface area contributed by atoms with Crippen LogP contribution in [0.2, 0.25) is 0 Å². The van der Waals surface area contributed by atoms with E-state index < -0.39 is 15.7 Å². The first-order valence-electron chi connectivity index (χ1n) is 6.58. The zero-order valence-electron chi connectivity index (χ0n) is 11.1. The highest BCUT2D eigenvalue weighted by Crippen LogP contribution is 2.22. The summed E-state index contributed by atoms with van der Waals surface area (Å²) >= 11 is 0. The van der Waals surface area contributed by atoms with Crippen molar-refractivity contribution < 1.29 is 22.0 Å². The van der Waals surface area contributed by atoms with Crippen LogP contribution >= 0.6 is 0 Å². The molecule has 1 aromatic carbocycles. The van der Waals surface area contributed by atoms with Crippen LogP contribution in [0, 0.1) is 5.82 Å². The van der Waals surface area contributed by atoms with E-state index in [0.29, 0.717) is 23.0 Å². The summed E-state index contributed by atoms with van der Waals surface area (Å²) in [5.41, 5.74) is 1.10. The van der Waals surface area contributed by atoms with Gasteiger partial charge in [0.2, 0.25) is 5.91 Å². The van der Waals surface area contributed by atoms with E-state index in [1.54, 1.807) is 0 Å². The Labute approximate surface area is 121 Å². The van der Waals surface area contributed by atoms with Crippen molar-refractivity contribution in [3.05, 3.63) is 35.8 Å². The number of carbonyl (C=O) groups is 1. The second-order valence-electron chi connectivity index (χ2n) is 5.25. The molecule has 2 aromatic rings. The molecule has 1 aliphatic heterocycles. The molecule has 7 heteroatoms. The predicted octanol–water partition coefficient (Wildman–Crippen LogP) is 1.42. The molecule has 0 aliphatic carbocycles.